The van der Waals surface area contributed by atoms with Crippen LogP contribution in [0.15, 0.2) is 40.6 Å². The number of thioether (sulfide) groups is 1. The predicted octanol–water partition coefficient (Wildman–Crippen LogP) is 0.183. The van der Waals surface area contributed by atoms with Crippen LogP contribution in [0.3, 0.4) is 0 Å². The normalized spacial score (nSPS) is 11.2. The van der Waals surface area contributed by atoms with Crippen LogP contribution in [0.1, 0.15) is 0 Å². The number of amides is 1. The van der Waals surface area contributed by atoms with Crippen LogP contribution < -0.4 is 10.5 Å². The standard InChI is InChI=1S/C10H11N5O3S2/c11-20(17,18)8-3-1-2-7(4-8)14-9(16)5-19-10-12-6-13-15-10/h1-4,6H,5H2,(H,14,16)(H2,11,17,18)(H,12,13,15). The lowest BCUT2D eigenvalue weighted by atomic mass is 10.3. The summed E-state index contributed by atoms with van der Waals surface area (Å²) < 4.78 is 22.4. The fraction of sp³-hybridized carbons (Fsp3) is 0.100. The van der Waals surface area contributed by atoms with Gasteiger partial charge >= 0.3 is 0 Å². The summed E-state index contributed by atoms with van der Waals surface area (Å²) in [6, 6.07) is 5.73. The largest absolute Gasteiger partial charge is 0.325 e. The molecule has 0 aliphatic rings. The number of hydrogen-bond acceptors (Lipinski definition) is 6. The third-order valence-electron chi connectivity index (χ3n) is 2.18. The van der Waals surface area contributed by atoms with Gasteiger partial charge in [0.15, 0.2) is 5.16 Å². The van der Waals surface area contributed by atoms with E-state index in [-0.39, 0.29) is 16.6 Å². The molecule has 2 rings (SSSR count). The van der Waals surface area contributed by atoms with E-state index in [1.54, 1.807) is 6.07 Å². The van der Waals surface area contributed by atoms with Gasteiger partial charge in [-0.15, -0.1) is 0 Å². The van der Waals surface area contributed by atoms with Crippen LogP contribution >= 0.6 is 11.8 Å². The maximum absolute atomic E-state index is 11.7. The molecule has 1 amide bonds. The topological polar surface area (TPSA) is 131 Å². The second kappa shape index (κ2) is 6.03. The molecule has 1 aromatic heterocycles. The number of primary sulfonamides is 1. The van der Waals surface area contributed by atoms with Crippen molar-refractivity contribution in [2.24, 2.45) is 5.14 Å². The van der Waals surface area contributed by atoms with Gasteiger partial charge < -0.3 is 5.32 Å². The summed E-state index contributed by atoms with van der Waals surface area (Å²) in [4.78, 5) is 15.5. The highest BCUT2D eigenvalue weighted by Gasteiger charge is 2.10. The molecule has 1 aromatic carbocycles. The van der Waals surface area contributed by atoms with Gasteiger partial charge in [0.1, 0.15) is 6.33 Å². The molecule has 0 aliphatic carbocycles. The number of anilines is 1. The van der Waals surface area contributed by atoms with Gasteiger partial charge in [-0.2, -0.15) is 5.10 Å². The van der Waals surface area contributed by atoms with Crippen LogP contribution in [0.5, 0.6) is 0 Å². The molecular formula is C10H11N5O3S2. The van der Waals surface area contributed by atoms with Gasteiger partial charge in [-0.05, 0) is 18.2 Å². The molecule has 0 saturated heterocycles. The second-order valence-corrected chi connectivity index (χ2v) is 6.23. The first-order valence-corrected chi connectivity index (χ1v) is 7.89. The zero-order valence-electron chi connectivity index (χ0n) is 10.1. The summed E-state index contributed by atoms with van der Waals surface area (Å²) in [5.74, 6) is -0.174. The number of nitrogens with one attached hydrogen (secondary N) is 2. The zero-order chi connectivity index (χ0) is 14.6. The van der Waals surface area contributed by atoms with Crippen LogP contribution in [0.25, 0.3) is 0 Å². The van der Waals surface area contributed by atoms with Gasteiger partial charge in [0.25, 0.3) is 0 Å². The molecule has 106 valence electrons. The van der Waals surface area contributed by atoms with Crippen LogP contribution in [-0.4, -0.2) is 35.3 Å². The van der Waals surface area contributed by atoms with E-state index in [1.807, 2.05) is 0 Å². The summed E-state index contributed by atoms with van der Waals surface area (Å²) >= 11 is 1.18. The molecule has 0 aliphatic heterocycles. The number of sulfonamides is 1. The fourth-order valence-electron chi connectivity index (χ4n) is 1.35. The van der Waals surface area contributed by atoms with E-state index >= 15 is 0 Å². The first-order chi connectivity index (χ1) is 9.45. The van der Waals surface area contributed by atoms with E-state index in [2.05, 4.69) is 20.5 Å². The van der Waals surface area contributed by atoms with Gasteiger partial charge in [0.05, 0.1) is 10.6 Å². The number of aromatic nitrogens is 3. The number of aromatic amines is 1. The van der Waals surface area contributed by atoms with Gasteiger partial charge in [-0.3, -0.25) is 9.89 Å². The van der Waals surface area contributed by atoms with Crippen molar-refractivity contribution in [3.63, 3.8) is 0 Å². The summed E-state index contributed by atoms with van der Waals surface area (Å²) in [6.07, 6.45) is 1.34. The molecule has 4 N–H and O–H groups in total. The number of nitrogens with zero attached hydrogens (tertiary/aromatic N) is 2. The number of hydrogen-bond donors (Lipinski definition) is 3. The van der Waals surface area contributed by atoms with Gasteiger partial charge in [-0.1, -0.05) is 17.8 Å². The molecule has 0 saturated carbocycles. The summed E-state index contributed by atoms with van der Waals surface area (Å²) in [5.41, 5.74) is 0.361. The first-order valence-electron chi connectivity index (χ1n) is 5.36. The van der Waals surface area contributed by atoms with Crippen molar-refractivity contribution in [1.82, 2.24) is 15.2 Å². The Kier molecular flexibility index (Phi) is 4.37. The van der Waals surface area contributed by atoms with Crippen LogP contribution in [0.2, 0.25) is 0 Å². The van der Waals surface area contributed by atoms with Crippen LogP contribution in [-0.2, 0) is 14.8 Å². The number of benzene rings is 1. The number of rotatable bonds is 5. The molecule has 0 bridgehead atoms. The Balaban J connectivity index is 1.97. The number of nitrogens with two attached hydrogens (primary N) is 1. The minimum absolute atomic E-state index is 0.0572. The maximum atomic E-state index is 11.7. The number of H-pyrrole nitrogens is 1. The van der Waals surface area contributed by atoms with E-state index in [1.165, 1.54) is 36.3 Å². The molecule has 0 fully saturated rings. The quantitative estimate of drug-likeness (QED) is 0.675. The number of carbonyl (C=O) groups is 1. The summed E-state index contributed by atoms with van der Waals surface area (Å²) in [5, 5.41) is 14.4. The Labute approximate surface area is 119 Å². The molecule has 8 nitrogen and oxygen atoms in total. The fourth-order valence-corrected chi connectivity index (χ4v) is 2.48. The average molecular weight is 313 g/mol. The molecule has 1 heterocycles. The minimum atomic E-state index is -3.79. The molecular weight excluding hydrogens is 302 g/mol. The maximum Gasteiger partial charge on any atom is 0.238 e. The van der Waals surface area contributed by atoms with Crippen molar-refractivity contribution in [3.05, 3.63) is 30.6 Å². The SMILES string of the molecule is NS(=O)(=O)c1cccc(NC(=O)CSc2ncn[nH]2)c1. The van der Waals surface area contributed by atoms with Crippen molar-refractivity contribution in [3.8, 4) is 0 Å². The van der Waals surface area contributed by atoms with Crippen molar-refractivity contribution in [1.29, 1.82) is 0 Å². The van der Waals surface area contributed by atoms with E-state index in [0.29, 0.717) is 10.8 Å². The second-order valence-electron chi connectivity index (χ2n) is 3.70. The molecule has 0 radical (unpaired) electrons. The monoisotopic (exact) mass is 313 g/mol. The Bertz CT molecular complexity index is 699. The lowest BCUT2D eigenvalue weighted by Gasteiger charge is -2.05. The predicted molar refractivity (Wildman–Crippen MR) is 73.6 cm³/mol. The lowest BCUT2D eigenvalue weighted by molar-refractivity contribution is -0.113. The van der Waals surface area contributed by atoms with Crippen LogP contribution in [0, 0.1) is 0 Å². The lowest BCUT2D eigenvalue weighted by Crippen LogP contribution is -2.16. The highest BCUT2D eigenvalue weighted by Crippen LogP contribution is 2.15. The molecule has 10 heteroatoms. The van der Waals surface area contributed by atoms with Crippen LogP contribution in [0.4, 0.5) is 5.69 Å². The third-order valence-corrected chi connectivity index (χ3v) is 3.97. The molecule has 20 heavy (non-hydrogen) atoms. The molecule has 0 unspecified atom stereocenters. The van der Waals surface area contributed by atoms with Crippen molar-refractivity contribution >= 4 is 33.4 Å². The summed E-state index contributed by atoms with van der Waals surface area (Å²) in [6.45, 7) is 0. The van der Waals surface area contributed by atoms with Gasteiger partial charge in [0, 0.05) is 5.69 Å². The Morgan fingerprint density at radius 3 is 2.90 bits per heavy atom. The van der Waals surface area contributed by atoms with Gasteiger partial charge in [0.2, 0.25) is 15.9 Å². The van der Waals surface area contributed by atoms with Crippen molar-refractivity contribution in [2.45, 2.75) is 10.1 Å². The smallest absolute Gasteiger partial charge is 0.238 e. The minimum Gasteiger partial charge on any atom is -0.325 e. The van der Waals surface area contributed by atoms with E-state index in [4.69, 9.17) is 5.14 Å². The molecule has 0 spiro atoms. The van der Waals surface area contributed by atoms with E-state index in [0.717, 1.165) is 0 Å². The van der Waals surface area contributed by atoms with Crippen molar-refractivity contribution < 1.29 is 13.2 Å². The Morgan fingerprint density at radius 2 is 2.25 bits per heavy atom. The highest BCUT2D eigenvalue weighted by molar-refractivity contribution is 7.99. The number of carbonyl (C=O) groups excluding carboxylic acids is 1. The Hall–Kier alpha value is -1.91. The van der Waals surface area contributed by atoms with E-state index < -0.39 is 10.0 Å². The van der Waals surface area contributed by atoms with Crippen molar-refractivity contribution in [2.75, 3.05) is 11.1 Å². The molecule has 2 aromatic rings. The van der Waals surface area contributed by atoms with Gasteiger partial charge in [-0.25, -0.2) is 18.5 Å². The third kappa shape index (κ3) is 4.05. The molecule has 0 atom stereocenters. The van der Waals surface area contributed by atoms with E-state index in [9.17, 15) is 13.2 Å². The zero-order valence-corrected chi connectivity index (χ0v) is 11.7. The highest BCUT2D eigenvalue weighted by atomic mass is 32.2. The Morgan fingerprint density at radius 1 is 1.45 bits per heavy atom. The first kappa shape index (κ1) is 14.5. The summed E-state index contributed by atoms with van der Waals surface area (Å²) in [7, 11) is -3.79. The average Bonchev–Trinajstić information content (AvgIpc) is 2.89.